The van der Waals surface area contributed by atoms with E-state index in [0.29, 0.717) is 0 Å². The molecule has 2 heteroatoms. The van der Waals surface area contributed by atoms with Gasteiger partial charge in [0.2, 0.25) is 0 Å². The highest BCUT2D eigenvalue weighted by atomic mass is 15.0. The number of hydrogen-bond donors (Lipinski definition) is 0. The average molecular weight is 825 g/mol. The van der Waals surface area contributed by atoms with Crippen molar-refractivity contribution < 1.29 is 0 Å². The van der Waals surface area contributed by atoms with Crippen LogP contribution < -0.4 is 0 Å². The molecule has 14 rings (SSSR count). The molecule has 1 aliphatic rings. The first-order chi connectivity index (χ1) is 32.2. The van der Waals surface area contributed by atoms with Crippen LogP contribution in [0.4, 0.5) is 0 Å². The zero-order valence-corrected chi connectivity index (χ0v) is 35.5. The molecule has 2 nitrogen and oxygen atoms in total. The fourth-order valence-electron chi connectivity index (χ4n) is 11.2. The number of aromatic nitrogens is 2. The van der Waals surface area contributed by atoms with Gasteiger partial charge in [-0.3, -0.25) is 0 Å². The number of fused-ring (bicyclic) bond motifs is 11. The molecular weight excluding hydrogens is 785 g/mol. The van der Waals surface area contributed by atoms with Crippen LogP contribution in [0.3, 0.4) is 0 Å². The highest BCUT2D eigenvalue weighted by molar-refractivity contribution is 6.20. The summed E-state index contributed by atoms with van der Waals surface area (Å²) in [5.74, 6) is 0. The monoisotopic (exact) mass is 824 g/mol. The number of rotatable bonds is 6. The minimum atomic E-state index is 0.740. The maximum atomic E-state index is 2.56. The largest absolute Gasteiger partial charge is 0.335 e. The van der Waals surface area contributed by atoms with Gasteiger partial charge in [-0.15, -0.1) is 0 Å². The number of benzene rings is 11. The molecule has 0 N–H and O–H groups in total. The van der Waals surface area contributed by atoms with Crippen molar-refractivity contribution in [1.82, 2.24) is 9.13 Å². The maximum absolute atomic E-state index is 2.56. The van der Waals surface area contributed by atoms with Gasteiger partial charge in [0.1, 0.15) is 0 Å². The fraction of sp³-hybridized carbons (Fsp3) is 0.0159. The first kappa shape index (κ1) is 36.1. The van der Waals surface area contributed by atoms with Crippen LogP contribution in [-0.2, 0) is 6.54 Å². The van der Waals surface area contributed by atoms with Crippen LogP contribution in [0.25, 0.3) is 126 Å². The molecule has 0 saturated carbocycles. The molecule has 0 fully saturated rings. The molecule has 0 aliphatic heterocycles. The molecule has 11 aromatic carbocycles. The van der Waals surface area contributed by atoms with Crippen LogP contribution in [0, 0.1) is 0 Å². The van der Waals surface area contributed by atoms with Crippen molar-refractivity contribution in [2.24, 2.45) is 0 Å². The lowest BCUT2D eigenvalue weighted by Gasteiger charge is -2.15. The van der Waals surface area contributed by atoms with E-state index in [2.05, 4.69) is 240 Å². The molecule has 65 heavy (non-hydrogen) atoms. The predicted molar refractivity (Wildman–Crippen MR) is 275 cm³/mol. The van der Waals surface area contributed by atoms with E-state index in [1.54, 1.807) is 0 Å². The summed E-state index contributed by atoms with van der Waals surface area (Å²) < 4.78 is 4.97. The Morgan fingerprint density at radius 2 is 0.877 bits per heavy atom. The summed E-state index contributed by atoms with van der Waals surface area (Å²) in [6.45, 7) is 0.740. The SMILES string of the molecule is c1ccc(-n2c3ccccc3c3ccc(-c4ccc5c(c4)c4ccc6ccccc6c4n5Cc4ccccc4-c4ccc(-c5ccc6c7c(cccc57)-c5ccccc5-6)cc4)cc32)cc1. The second kappa shape index (κ2) is 14.0. The molecule has 2 heterocycles. The summed E-state index contributed by atoms with van der Waals surface area (Å²) in [6, 6.07) is 85.4. The van der Waals surface area contributed by atoms with Gasteiger partial charge in [-0.25, -0.2) is 0 Å². The second-order valence-corrected chi connectivity index (χ2v) is 17.6. The lowest BCUT2D eigenvalue weighted by atomic mass is 9.92. The lowest BCUT2D eigenvalue weighted by molar-refractivity contribution is 0.873. The molecule has 302 valence electrons. The highest BCUT2D eigenvalue weighted by Crippen LogP contribution is 2.49. The van der Waals surface area contributed by atoms with Gasteiger partial charge in [0.25, 0.3) is 0 Å². The van der Waals surface area contributed by atoms with Crippen molar-refractivity contribution >= 4 is 65.2 Å². The van der Waals surface area contributed by atoms with E-state index in [1.807, 2.05) is 0 Å². The quantitative estimate of drug-likeness (QED) is 0.158. The molecular formula is C63H40N2. The molecule has 0 spiro atoms. The average Bonchev–Trinajstić information content (AvgIpc) is 4.00. The molecule has 0 saturated heterocycles. The van der Waals surface area contributed by atoms with E-state index >= 15 is 0 Å². The molecule has 0 atom stereocenters. The first-order valence-corrected chi connectivity index (χ1v) is 22.6. The van der Waals surface area contributed by atoms with Crippen LogP contribution in [0.5, 0.6) is 0 Å². The summed E-state index contributed by atoms with van der Waals surface area (Å²) in [7, 11) is 0. The molecule has 0 amide bonds. The third-order valence-electron chi connectivity index (χ3n) is 14.2. The lowest BCUT2D eigenvalue weighted by Crippen LogP contribution is -2.02. The minimum Gasteiger partial charge on any atom is -0.335 e. The second-order valence-electron chi connectivity index (χ2n) is 17.6. The Labute approximate surface area is 376 Å². The standard InChI is InChI=1S/C63H40N2/c1-2-15-46(16-3-1)65-60-24-11-10-21-52(60)53-32-30-44(38-61(53)65)43-31-36-59-58(37-43)57-33-29-40-13-4-7-18-49(40)63(57)64(59)39-45-14-5-6-17-47(45)41-25-27-42(28-26-41)48-34-35-56-51-20-9-8-19-50(51)55-23-12-22-54(48)62(55)56/h1-38H,39H2. The molecule has 0 unspecified atom stereocenters. The fourth-order valence-corrected chi connectivity index (χ4v) is 11.2. The Morgan fingerprint density at radius 3 is 1.72 bits per heavy atom. The number of hydrogen-bond acceptors (Lipinski definition) is 0. The zero-order valence-electron chi connectivity index (χ0n) is 35.5. The Kier molecular flexibility index (Phi) is 7.78. The summed E-state index contributed by atoms with van der Waals surface area (Å²) in [4.78, 5) is 0. The van der Waals surface area contributed by atoms with Crippen molar-refractivity contribution in [3.05, 3.63) is 236 Å². The van der Waals surface area contributed by atoms with Gasteiger partial charge in [0.15, 0.2) is 0 Å². The van der Waals surface area contributed by atoms with E-state index < -0.39 is 0 Å². The summed E-state index contributed by atoms with van der Waals surface area (Å²) in [6.07, 6.45) is 0. The van der Waals surface area contributed by atoms with Gasteiger partial charge in [0.05, 0.1) is 16.6 Å². The Bertz CT molecular complexity index is 4040. The number of nitrogens with zero attached hydrogens (tertiary/aromatic N) is 2. The van der Waals surface area contributed by atoms with Gasteiger partial charge >= 0.3 is 0 Å². The molecule has 0 bridgehead atoms. The smallest absolute Gasteiger partial charge is 0.0574 e. The normalized spacial score (nSPS) is 12.1. The van der Waals surface area contributed by atoms with Crippen molar-refractivity contribution in [3.63, 3.8) is 0 Å². The third-order valence-corrected chi connectivity index (χ3v) is 14.2. The van der Waals surface area contributed by atoms with Gasteiger partial charge in [-0.2, -0.15) is 0 Å². The number of para-hydroxylation sites is 2. The van der Waals surface area contributed by atoms with E-state index in [9.17, 15) is 0 Å². The summed E-state index contributed by atoms with van der Waals surface area (Å²) >= 11 is 0. The van der Waals surface area contributed by atoms with Gasteiger partial charge in [-0.05, 0) is 114 Å². The van der Waals surface area contributed by atoms with Crippen LogP contribution in [0.1, 0.15) is 5.56 Å². The van der Waals surface area contributed by atoms with E-state index in [-0.39, 0.29) is 0 Å². The van der Waals surface area contributed by atoms with Crippen LogP contribution in [0.15, 0.2) is 231 Å². The summed E-state index contributed by atoms with van der Waals surface area (Å²) in [5.41, 5.74) is 20.1. The van der Waals surface area contributed by atoms with Crippen LogP contribution in [-0.4, -0.2) is 9.13 Å². The molecule has 1 aliphatic carbocycles. The molecule has 0 radical (unpaired) electrons. The molecule has 2 aromatic heterocycles. The van der Waals surface area contributed by atoms with E-state index in [1.165, 1.54) is 132 Å². The predicted octanol–water partition coefficient (Wildman–Crippen LogP) is 16.9. The molecule has 13 aromatic rings. The van der Waals surface area contributed by atoms with Gasteiger partial charge < -0.3 is 9.13 Å². The Hall–Kier alpha value is -8.46. The zero-order chi connectivity index (χ0) is 42.6. The topological polar surface area (TPSA) is 9.86 Å². The first-order valence-electron chi connectivity index (χ1n) is 22.6. The Balaban J connectivity index is 0.880. The third kappa shape index (κ3) is 5.41. The van der Waals surface area contributed by atoms with Crippen molar-refractivity contribution in [3.8, 4) is 61.3 Å². The minimum absolute atomic E-state index is 0.740. The Morgan fingerprint density at radius 1 is 0.292 bits per heavy atom. The van der Waals surface area contributed by atoms with Gasteiger partial charge in [-0.1, -0.05) is 194 Å². The van der Waals surface area contributed by atoms with Crippen molar-refractivity contribution in [1.29, 1.82) is 0 Å². The van der Waals surface area contributed by atoms with Gasteiger partial charge in [0, 0.05) is 44.7 Å². The van der Waals surface area contributed by atoms with Crippen molar-refractivity contribution in [2.45, 2.75) is 6.54 Å². The van der Waals surface area contributed by atoms with E-state index in [4.69, 9.17) is 0 Å². The van der Waals surface area contributed by atoms with Crippen LogP contribution in [0.2, 0.25) is 0 Å². The summed E-state index contributed by atoms with van der Waals surface area (Å²) in [5, 5.41) is 10.3. The highest BCUT2D eigenvalue weighted by Gasteiger charge is 2.23. The van der Waals surface area contributed by atoms with E-state index in [0.717, 1.165) is 6.54 Å². The van der Waals surface area contributed by atoms with Crippen LogP contribution >= 0.6 is 0 Å². The van der Waals surface area contributed by atoms with Crippen molar-refractivity contribution in [2.75, 3.05) is 0 Å². The maximum Gasteiger partial charge on any atom is 0.0574 e.